The van der Waals surface area contributed by atoms with Crippen molar-refractivity contribution in [2.45, 2.75) is 71.1 Å². The van der Waals surface area contributed by atoms with E-state index in [-0.39, 0.29) is 30.8 Å². The van der Waals surface area contributed by atoms with Crippen LogP contribution in [0.15, 0.2) is 42.5 Å². The van der Waals surface area contributed by atoms with Crippen LogP contribution in [0, 0.1) is 0 Å². The lowest BCUT2D eigenvalue weighted by Gasteiger charge is -2.14. The molecule has 1 saturated heterocycles. The van der Waals surface area contributed by atoms with Gasteiger partial charge in [0.15, 0.2) is 0 Å². The first-order valence-electron chi connectivity index (χ1n) is 14.4. The second-order valence-electron chi connectivity index (χ2n) is 10.3. The Bertz CT molecular complexity index is 1120. The second kappa shape index (κ2) is 19.6. The molecule has 2 aromatic rings. The number of carbonyl (C=O) groups excluding carboxylic acids is 2. The van der Waals surface area contributed by atoms with E-state index in [1.165, 1.54) is 16.5 Å². The number of urea groups is 1. The van der Waals surface area contributed by atoms with Gasteiger partial charge >= 0.3 is 6.03 Å². The number of nitrogens with one attached hydrogen (secondary N) is 2. The van der Waals surface area contributed by atoms with Gasteiger partial charge in [-0.2, -0.15) is 0 Å². The number of aliphatic hydroxyl groups is 2. The van der Waals surface area contributed by atoms with Gasteiger partial charge in [0.1, 0.15) is 12.3 Å². The number of hydrogen-bond acceptors (Lipinski definition) is 8. The molecule has 0 radical (unpaired) electrons. The van der Waals surface area contributed by atoms with Crippen LogP contribution in [-0.4, -0.2) is 76.1 Å². The van der Waals surface area contributed by atoms with Crippen LogP contribution in [0.4, 0.5) is 4.79 Å². The minimum atomic E-state index is -0.833. The number of benzene rings is 2. The number of carboxylic acids is 1. The lowest BCUT2D eigenvalue weighted by molar-refractivity contribution is -0.134. The molecule has 232 valence electrons. The summed E-state index contributed by atoms with van der Waals surface area (Å²) in [4.78, 5) is 33.6. The molecule has 0 aromatic heterocycles. The molecule has 1 fully saturated rings. The third-order valence-electron chi connectivity index (χ3n) is 6.63. The second-order valence-corrected chi connectivity index (χ2v) is 10.3. The molecule has 1 aliphatic heterocycles. The molecule has 11 nitrogen and oxygen atoms in total. The van der Waals surface area contributed by atoms with Crippen LogP contribution in [0.1, 0.15) is 73.8 Å². The predicted octanol–water partition coefficient (Wildman–Crippen LogP) is 3.25. The van der Waals surface area contributed by atoms with E-state index >= 15 is 0 Å². The van der Waals surface area contributed by atoms with Gasteiger partial charge in [0.05, 0.1) is 12.7 Å². The fourth-order valence-electron chi connectivity index (χ4n) is 4.45. The lowest BCUT2D eigenvalue weighted by Crippen LogP contribution is -2.27. The minimum Gasteiger partial charge on any atom is -0.508 e. The van der Waals surface area contributed by atoms with Gasteiger partial charge in [0.25, 0.3) is 5.97 Å². The lowest BCUT2D eigenvalue weighted by atomic mass is 10.1. The minimum absolute atomic E-state index is 0.0363. The van der Waals surface area contributed by atoms with E-state index in [2.05, 4.69) is 22.8 Å². The summed E-state index contributed by atoms with van der Waals surface area (Å²) < 4.78 is 5.77. The van der Waals surface area contributed by atoms with Crippen molar-refractivity contribution in [2.75, 3.05) is 32.8 Å². The number of aliphatic carboxylic acids is 1. The Balaban J connectivity index is 0.00000144. The number of amides is 3. The molecule has 0 spiro atoms. The summed E-state index contributed by atoms with van der Waals surface area (Å²) in [6.07, 6.45) is 6.59. The van der Waals surface area contributed by atoms with E-state index in [9.17, 15) is 24.9 Å². The number of phenols is 1. The largest absolute Gasteiger partial charge is 0.508 e. The van der Waals surface area contributed by atoms with Crippen LogP contribution in [0.3, 0.4) is 0 Å². The highest BCUT2D eigenvalue weighted by molar-refractivity contribution is 6.01. The quantitative estimate of drug-likeness (QED) is 0.113. The van der Waals surface area contributed by atoms with Crippen LogP contribution in [-0.2, 0) is 33.9 Å². The number of aromatic hydroxyl groups is 1. The molecule has 11 heteroatoms. The first-order chi connectivity index (χ1) is 20.2. The fourth-order valence-corrected chi connectivity index (χ4v) is 4.45. The number of carboxylic acid groups (broad SMARTS) is 1. The maximum atomic E-state index is 11.7. The average molecular weight is 588 g/mol. The number of imide groups is 1. The molecule has 0 unspecified atom stereocenters. The molecule has 0 bridgehead atoms. The molecule has 2 aromatic carbocycles. The molecular weight excluding hydrogens is 542 g/mol. The Labute approximate surface area is 247 Å². The highest BCUT2D eigenvalue weighted by atomic mass is 16.5. The number of nitrogens with zero attached hydrogens (tertiary/aromatic N) is 1. The number of rotatable bonds is 18. The van der Waals surface area contributed by atoms with Gasteiger partial charge in [-0.3, -0.25) is 14.9 Å². The van der Waals surface area contributed by atoms with Gasteiger partial charge < -0.3 is 35.4 Å². The third-order valence-corrected chi connectivity index (χ3v) is 6.63. The number of aliphatic hydroxyl groups excluding tert-OH is 2. The number of carbonyl (C=O) groups is 3. The normalized spacial score (nSPS) is 13.5. The Morgan fingerprint density at radius 3 is 2.40 bits per heavy atom. The average Bonchev–Trinajstić information content (AvgIpc) is 3.27. The summed E-state index contributed by atoms with van der Waals surface area (Å²) in [6.45, 7) is 4.17. The first kappa shape index (κ1) is 34.7. The van der Waals surface area contributed by atoms with Crippen molar-refractivity contribution in [1.29, 1.82) is 0 Å². The van der Waals surface area contributed by atoms with E-state index in [1.807, 2.05) is 12.1 Å². The Kier molecular flexibility index (Phi) is 16.2. The fraction of sp³-hybridized carbons (Fsp3) is 0.516. The molecule has 6 N–H and O–H groups in total. The van der Waals surface area contributed by atoms with Crippen molar-refractivity contribution in [3.8, 4) is 5.75 Å². The van der Waals surface area contributed by atoms with E-state index in [4.69, 9.17) is 14.6 Å². The van der Waals surface area contributed by atoms with E-state index in [1.54, 1.807) is 12.1 Å². The smallest absolute Gasteiger partial charge is 0.324 e. The summed E-state index contributed by atoms with van der Waals surface area (Å²) in [7, 11) is 0. The number of unbranched alkanes of at least 4 members (excludes halogenated alkanes) is 4. The van der Waals surface area contributed by atoms with Gasteiger partial charge in [-0.05, 0) is 67.5 Å². The molecule has 3 rings (SSSR count). The zero-order valence-electron chi connectivity index (χ0n) is 24.4. The standard InChI is InChI=1S/C29H41N3O6.C2H4O2/c33-21-25-17-24(11-12-26(25)34)27(35)18-30-13-4-1-2-5-14-38-15-6-3-8-22-9-7-10-23(16-22)19-32-20-28(36)31-29(32)37;1-2(3)4/h7,9-12,16-17,27,30,33-35H,1-6,8,13-15,18-21H2,(H,31,36,37);1H3,(H,3,4)/t27-;/m0./s1. The molecule has 0 aliphatic carbocycles. The maximum absolute atomic E-state index is 11.7. The van der Waals surface area contributed by atoms with Gasteiger partial charge in [0.2, 0.25) is 5.91 Å². The van der Waals surface area contributed by atoms with E-state index in [0.29, 0.717) is 24.2 Å². The Morgan fingerprint density at radius 2 is 1.71 bits per heavy atom. The molecule has 1 atom stereocenters. The summed E-state index contributed by atoms with van der Waals surface area (Å²) in [5.41, 5.74) is 3.35. The monoisotopic (exact) mass is 587 g/mol. The summed E-state index contributed by atoms with van der Waals surface area (Å²) in [5, 5.41) is 42.1. The number of aryl methyl sites for hydroxylation is 1. The first-order valence-corrected chi connectivity index (χ1v) is 14.4. The van der Waals surface area contributed by atoms with Crippen molar-refractivity contribution in [2.24, 2.45) is 0 Å². The van der Waals surface area contributed by atoms with Crippen LogP contribution >= 0.6 is 0 Å². The van der Waals surface area contributed by atoms with Gasteiger partial charge in [-0.15, -0.1) is 0 Å². The van der Waals surface area contributed by atoms with Gasteiger partial charge in [0, 0.05) is 38.8 Å². The van der Waals surface area contributed by atoms with Gasteiger partial charge in [-0.25, -0.2) is 4.79 Å². The molecule has 0 saturated carbocycles. The van der Waals surface area contributed by atoms with Crippen molar-refractivity contribution >= 4 is 17.9 Å². The molecular formula is C31H45N3O8. The summed E-state index contributed by atoms with van der Waals surface area (Å²) in [5.74, 6) is -1.05. The Hall–Kier alpha value is -3.51. The van der Waals surface area contributed by atoms with E-state index < -0.39 is 12.1 Å². The predicted molar refractivity (Wildman–Crippen MR) is 158 cm³/mol. The molecule has 42 heavy (non-hydrogen) atoms. The highest BCUT2D eigenvalue weighted by Gasteiger charge is 2.26. The van der Waals surface area contributed by atoms with Crippen LogP contribution in [0.2, 0.25) is 0 Å². The van der Waals surface area contributed by atoms with Crippen LogP contribution < -0.4 is 10.6 Å². The maximum Gasteiger partial charge on any atom is 0.324 e. The Morgan fingerprint density at radius 1 is 1.02 bits per heavy atom. The summed E-state index contributed by atoms with van der Waals surface area (Å²) >= 11 is 0. The third kappa shape index (κ3) is 13.9. The zero-order valence-corrected chi connectivity index (χ0v) is 24.4. The molecule has 1 aliphatic rings. The zero-order chi connectivity index (χ0) is 30.7. The van der Waals surface area contributed by atoms with E-state index in [0.717, 1.165) is 77.2 Å². The topological polar surface area (TPSA) is 169 Å². The number of ether oxygens (including phenoxy) is 1. The molecule has 3 amide bonds. The van der Waals surface area contributed by atoms with Crippen molar-refractivity contribution in [3.63, 3.8) is 0 Å². The summed E-state index contributed by atoms with van der Waals surface area (Å²) in [6, 6.07) is 12.6. The van der Waals surface area contributed by atoms with Crippen LogP contribution in [0.25, 0.3) is 0 Å². The van der Waals surface area contributed by atoms with Crippen molar-refractivity contribution in [1.82, 2.24) is 15.5 Å². The van der Waals surface area contributed by atoms with Gasteiger partial charge in [-0.1, -0.05) is 43.2 Å². The number of hydrogen-bond donors (Lipinski definition) is 6. The SMILES string of the molecule is CC(=O)O.O=C1CN(Cc2cccc(CCCCOCCCCCCNC[C@H](O)c3ccc(O)c(CO)c3)c2)C(=O)N1. The highest BCUT2D eigenvalue weighted by Crippen LogP contribution is 2.22. The molecule has 1 heterocycles. The van der Waals surface area contributed by atoms with Crippen LogP contribution in [0.5, 0.6) is 5.75 Å². The van der Waals surface area contributed by atoms with Crippen molar-refractivity contribution < 1.29 is 39.5 Å². The van der Waals surface area contributed by atoms with Crippen molar-refractivity contribution in [3.05, 3.63) is 64.7 Å².